The van der Waals surface area contributed by atoms with Crippen molar-refractivity contribution in [3.05, 3.63) is 70.8 Å². The minimum absolute atomic E-state index is 0.124. The summed E-state index contributed by atoms with van der Waals surface area (Å²) in [5, 5.41) is 3.10. The summed E-state index contributed by atoms with van der Waals surface area (Å²) in [5.74, 6) is 0. The highest BCUT2D eigenvalue weighted by Gasteiger charge is 2.28. The highest BCUT2D eigenvalue weighted by atomic mass is 79.9. The quantitative estimate of drug-likeness (QED) is 0.568. The number of halogens is 1. The highest BCUT2D eigenvalue weighted by Crippen LogP contribution is 2.38. The fourth-order valence-electron chi connectivity index (χ4n) is 4.41. The van der Waals surface area contributed by atoms with E-state index in [1.165, 1.54) is 5.56 Å². The zero-order valence-corrected chi connectivity index (χ0v) is 19.7. The first-order valence-electron chi connectivity index (χ1n) is 10.9. The van der Waals surface area contributed by atoms with Crippen LogP contribution in [0.3, 0.4) is 0 Å². The minimum Gasteiger partial charge on any atom is -0.368 e. The van der Waals surface area contributed by atoms with Crippen molar-refractivity contribution in [1.82, 2.24) is 9.88 Å². The summed E-state index contributed by atoms with van der Waals surface area (Å²) in [6.45, 7) is 4.71. The number of nitrogens with one attached hydrogen (secondary N) is 1. The number of hydrogen-bond acceptors (Lipinski definition) is 4. The first-order chi connectivity index (χ1) is 15.6. The first-order valence-corrected chi connectivity index (χ1v) is 11.7. The van der Waals surface area contributed by atoms with Gasteiger partial charge in [-0.05, 0) is 59.2 Å². The second-order valence-corrected chi connectivity index (χ2v) is 9.17. The normalized spacial score (nSPS) is 16.2. The molecule has 5 rings (SSSR count). The number of carbonyl (C=O) groups is 1. The van der Waals surface area contributed by atoms with Crippen molar-refractivity contribution in [2.75, 3.05) is 54.9 Å². The molecule has 3 heterocycles. The van der Waals surface area contributed by atoms with Crippen molar-refractivity contribution in [2.45, 2.75) is 6.42 Å². The van der Waals surface area contributed by atoms with Gasteiger partial charge in [0.05, 0.1) is 22.8 Å². The minimum atomic E-state index is -0.124. The van der Waals surface area contributed by atoms with Crippen LogP contribution in [0, 0.1) is 0 Å². The van der Waals surface area contributed by atoms with Crippen molar-refractivity contribution in [2.24, 2.45) is 0 Å². The van der Waals surface area contributed by atoms with Gasteiger partial charge >= 0.3 is 6.03 Å². The van der Waals surface area contributed by atoms with Crippen LogP contribution in [0.15, 0.2) is 65.3 Å². The molecule has 2 aliphatic rings. The summed E-state index contributed by atoms with van der Waals surface area (Å²) in [4.78, 5) is 24.4. The number of hydrogen-bond donors (Lipinski definition) is 1. The third kappa shape index (κ3) is 4.10. The Kier molecular flexibility index (Phi) is 5.85. The summed E-state index contributed by atoms with van der Waals surface area (Å²) in [7, 11) is 2.16. The van der Waals surface area contributed by atoms with Crippen molar-refractivity contribution in [3.8, 4) is 11.3 Å². The van der Waals surface area contributed by atoms with E-state index in [2.05, 4.69) is 55.2 Å². The Hall–Kier alpha value is -2.90. The van der Waals surface area contributed by atoms with E-state index >= 15 is 0 Å². The molecule has 0 atom stereocenters. The second-order valence-electron chi connectivity index (χ2n) is 8.32. The maximum atomic E-state index is 13.3. The molecule has 1 saturated heterocycles. The lowest BCUT2D eigenvalue weighted by molar-refractivity contribution is 0.257. The predicted octanol–water partition coefficient (Wildman–Crippen LogP) is 4.86. The molecule has 164 valence electrons. The molecule has 0 saturated carbocycles. The molecule has 0 radical (unpaired) electrons. The van der Waals surface area contributed by atoms with Gasteiger partial charge in [0, 0.05) is 49.0 Å². The summed E-state index contributed by atoms with van der Waals surface area (Å²) in [6, 6.07) is 17.9. The standard InChI is InChI=1S/C25H26BrN5O/c1-29-12-14-30(15-13-29)23-17-22-19(16-20(23)26)9-11-31(22)25(32)28-21-8-5-10-27-24(21)18-6-3-2-4-7-18/h2-8,10,16-17H,9,11-15H2,1H3,(H,28,32). The third-order valence-electron chi connectivity index (χ3n) is 6.23. The summed E-state index contributed by atoms with van der Waals surface area (Å²) in [5.41, 5.74) is 5.81. The van der Waals surface area contributed by atoms with Gasteiger partial charge in [0.2, 0.25) is 0 Å². The van der Waals surface area contributed by atoms with Crippen LogP contribution in [0.2, 0.25) is 0 Å². The van der Waals surface area contributed by atoms with E-state index in [1.807, 2.05) is 47.4 Å². The third-order valence-corrected chi connectivity index (χ3v) is 6.86. The van der Waals surface area contributed by atoms with Crippen molar-refractivity contribution < 1.29 is 4.79 Å². The van der Waals surface area contributed by atoms with Crippen LogP contribution < -0.4 is 15.1 Å². The van der Waals surface area contributed by atoms with Crippen molar-refractivity contribution in [1.29, 1.82) is 0 Å². The fourth-order valence-corrected chi connectivity index (χ4v) is 5.05. The average Bonchev–Trinajstić information content (AvgIpc) is 3.23. The topological polar surface area (TPSA) is 51.7 Å². The maximum absolute atomic E-state index is 13.3. The molecule has 7 heteroatoms. The Bertz CT molecular complexity index is 1130. The van der Waals surface area contributed by atoms with Gasteiger partial charge in [-0.1, -0.05) is 30.3 Å². The number of aromatic nitrogens is 1. The van der Waals surface area contributed by atoms with Gasteiger partial charge < -0.3 is 15.1 Å². The van der Waals surface area contributed by atoms with Crippen LogP contribution in [-0.4, -0.2) is 55.7 Å². The van der Waals surface area contributed by atoms with Gasteiger partial charge in [-0.15, -0.1) is 0 Å². The maximum Gasteiger partial charge on any atom is 0.326 e. The molecule has 2 aromatic carbocycles. The van der Waals surface area contributed by atoms with Crippen LogP contribution in [-0.2, 0) is 6.42 Å². The number of carbonyl (C=O) groups excluding carboxylic acids is 1. The monoisotopic (exact) mass is 491 g/mol. The second kappa shape index (κ2) is 8.92. The number of benzene rings is 2. The molecule has 1 aromatic heterocycles. The molecule has 6 nitrogen and oxygen atoms in total. The number of rotatable bonds is 3. The molecule has 1 N–H and O–H groups in total. The molecule has 0 unspecified atom stereocenters. The number of urea groups is 1. The van der Waals surface area contributed by atoms with E-state index in [4.69, 9.17) is 0 Å². The lowest BCUT2D eigenvalue weighted by atomic mass is 10.1. The molecular weight excluding hydrogens is 466 g/mol. The van der Waals surface area contributed by atoms with Crippen LogP contribution >= 0.6 is 15.9 Å². The molecule has 0 spiro atoms. The molecule has 0 aliphatic carbocycles. The van der Waals surface area contributed by atoms with Gasteiger partial charge in [0.25, 0.3) is 0 Å². The van der Waals surface area contributed by atoms with Crippen molar-refractivity contribution >= 4 is 39.0 Å². The summed E-state index contributed by atoms with van der Waals surface area (Å²) < 4.78 is 1.10. The Morgan fingerprint density at radius 1 is 0.969 bits per heavy atom. The average molecular weight is 492 g/mol. The number of piperazine rings is 1. The first kappa shape index (κ1) is 21.0. The van der Waals surface area contributed by atoms with Crippen molar-refractivity contribution in [3.63, 3.8) is 0 Å². The van der Waals surface area contributed by atoms with E-state index < -0.39 is 0 Å². The van der Waals surface area contributed by atoms with E-state index in [-0.39, 0.29) is 6.03 Å². The van der Waals surface area contributed by atoms with Crippen LogP contribution in [0.4, 0.5) is 21.9 Å². The van der Waals surface area contributed by atoms with Gasteiger partial charge in [-0.25, -0.2) is 4.79 Å². The smallest absolute Gasteiger partial charge is 0.326 e. The number of nitrogens with zero attached hydrogens (tertiary/aromatic N) is 4. The van der Waals surface area contributed by atoms with E-state index in [0.717, 1.165) is 59.7 Å². The molecule has 1 fully saturated rings. The number of pyridine rings is 1. The number of fused-ring (bicyclic) bond motifs is 1. The highest BCUT2D eigenvalue weighted by molar-refractivity contribution is 9.10. The van der Waals surface area contributed by atoms with E-state index in [9.17, 15) is 4.79 Å². The van der Waals surface area contributed by atoms with E-state index in [0.29, 0.717) is 12.2 Å². The molecular formula is C25H26BrN5O. The van der Waals surface area contributed by atoms with Gasteiger partial charge in [0.15, 0.2) is 0 Å². The van der Waals surface area contributed by atoms with E-state index in [1.54, 1.807) is 6.20 Å². The molecule has 3 aromatic rings. The number of anilines is 3. The predicted molar refractivity (Wildman–Crippen MR) is 134 cm³/mol. The fraction of sp³-hybridized carbons (Fsp3) is 0.280. The lowest BCUT2D eigenvalue weighted by Gasteiger charge is -2.35. The van der Waals surface area contributed by atoms with Gasteiger partial charge in [-0.2, -0.15) is 0 Å². The Balaban J connectivity index is 1.40. The lowest BCUT2D eigenvalue weighted by Crippen LogP contribution is -2.44. The van der Waals surface area contributed by atoms with Gasteiger partial charge in [0.1, 0.15) is 0 Å². The zero-order valence-electron chi connectivity index (χ0n) is 18.1. The zero-order chi connectivity index (χ0) is 22.1. The molecule has 2 amide bonds. The summed E-state index contributed by atoms with van der Waals surface area (Å²) in [6.07, 6.45) is 2.60. The Morgan fingerprint density at radius 3 is 2.53 bits per heavy atom. The molecule has 2 aliphatic heterocycles. The largest absolute Gasteiger partial charge is 0.368 e. The van der Waals surface area contributed by atoms with Crippen LogP contribution in [0.1, 0.15) is 5.56 Å². The Morgan fingerprint density at radius 2 is 1.75 bits per heavy atom. The Labute approximate surface area is 197 Å². The number of likely N-dealkylation sites (N-methyl/N-ethyl adjacent to an activating group) is 1. The van der Waals surface area contributed by atoms with Gasteiger partial charge in [-0.3, -0.25) is 9.88 Å². The number of amides is 2. The van der Waals surface area contributed by atoms with Crippen LogP contribution in [0.25, 0.3) is 11.3 Å². The molecule has 32 heavy (non-hydrogen) atoms. The molecule has 0 bridgehead atoms. The summed E-state index contributed by atoms with van der Waals surface area (Å²) >= 11 is 3.76. The SMILES string of the molecule is CN1CCN(c2cc3c(cc2Br)CCN3C(=O)Nc2cccnc2-c2ccccc2)CC1. The van der Waals surface area contributed by atoms with Crippen LogP contribution in [0.5, 0.6) is 0 Å².